The lowest BCUT2D eigenvalue weighted by Crippen LogP contribution is -2.39. The van der Waals surface area contributed by atoms with Gasteiger partial charge in [0.2, 0.25) is 10.0 Å². The topological polar surface area (TPSA) is 101 Å². The third-order valence-corrected chi connectivity index (χ3v) is 7.23. The number of benzene rings is 1. The quantitative estimate of drug-likeness (QED) is 0.563. The number of aliphatic imine (C=N–C) groups is 1. The Hall–Kier alpha value is -2.15. The Morgan fingerprint density at radius 1 is 1.44 bits per heavy atom. The lowest BCUT2D eigenvalue weighted by atomic mass is 9.94. The van der Waals surface area contributed by atoms with Gasteiger partial charge in [-0.15, -0.1) is 11.3 Å². The summed E-state index contributed by atoms with van der Waals surface area (Å²) in [5.41, 5.74) is 1.51. The normalized spacial score (nSPS) is 20.9. The fourth-order valence-corrected chi connectivity index (χ4v) is 5.87. The molecule has 32 heavy (non-hydrogen) atoms. The number of thiazole rings is 1. The summed E-state index contributed by atoms with van der Waals surface area (Å²) in [6.45, 7) is 2.17. The first-order chi connectivity index (χ1) is 15.2. The molecule has 2 aromatic rings. The molecule has 2 atom stereocenters. The highest BCUT2D eigenvalue weighted by atomic mass is 79.9. The predicted molar refractivity (Wildman–Crippen MR) is 122 cm³/mol. The van der Waals surface area contributed by atoms with Gasteiger partial charge in [0.05, 0.1) is 18.4 Å². The number of aromatic nitrogens is 1. The zero-order chi connectivity index (χ0) is 23.0. The molecule has 0 amide bonds. The summed E-state index contributed by atoms with van der Waals surface area (Å²) in [4.78, 5) is 24.1. The highest BCUT2D eigenvalue weighted by molar-refractivity contribution is 9.10. The molecule has 0 bridgehead atoms. The van der Waals surface area contributed by atoms with E-state index in [1.807, 2.05) is 10.3 Å². The van der Waals surface area contributed by atoms with Crippen molar-refractivity contribution < 1.29 is 22.3 Å². The number of rotatable bonds is 6. The van der Waals surface area contributed by atoms with Gasteiger partial charge >= 0.3 is 5.97 Å². The van der Waals surface area contributed by atoms with Crippen molar-refractivity contribution in [2.24, 2.45) is 4.99 Å². The molecule has 0 spiro atoms. The van der Waals surface area contributed by atoms with Gasteiger partial charge in [-0.1, -0.05) is 22.0 Å². The van der Waals surface area contributed by atoms with Crippen LogP contribution in [0.4, 0.5) is 4.39 Å². The third-order valence-electron chi connectivity index (χ3n) is 5.02. The summed E-state index contributed by atoms with van der Waals surface area (Å²) in [5, 5.41) is 2.45. The van der Waals surface area contributed by atoms with E-state index in [0.717, 1.165) is 6.26 Å². The summed E-state index contributed by atoms with van der Waals surface area (Å²) in [7, 11) is -3.46. The molecule has 0 saturated carbocycles. The number of nitrogens with zero attached hydrogens (tertiary/aromatic N) is 3. The summed E-state index contributed by atoms with van der Waals surface area (Å²) in [6, 6.07) is 2.97. The van der Waals surface area contributed by atoms with Gasteiger partial charge in [-0.2, -0.15) is 0 Å². The Morgan fingerprint density at radius 2 is 2.22 bits per heavy atom. The summed E-state index contributed by atoms with van der Waals surface area (Å²) in [6.07, 6.45) is 3.03. The average molecular weight is 543 g/mol. The number of hydrogen-bond acceptors (Lipinski definition) is 8. The Bertz CT molecular complexity index is 1210. The van der Waals surface area contributed by atoms with Gasteiger partial charge in [-0.25, -0.2) is 27.3 Å². The van der Waals surface area contributed by atoms with Crippen LogP contribution in [-0.4, -0.2) is 55.6 Å². The molecule has 1 N–H and O–H groups in total. The highest BCUT2D eigenvalue weighted by Crippen LogP contribution is 2.42. The first kappa shape index (κ1) is 23.0. The maximum Gasteiger partial charge on any atom is 0.338 e. The van der Waals surface area contributed by atoms with Crippen LogP contribution in [0.1, 0.15) is 30.0 Å². The Morgan fingerprint density at radius 3 is 2.84 bits per heavy atom. The van der Waals surface area contributed by atoms with E-state index < -0.39 is 33.9 Å². The van der Waals surface area contributed by atoms with Crippen LogP contribution < -0.4 is 4.72 Å². The molecule has 0 radical (unpaired) electrons. The van der Waals surface area contributed by atoms with Crippen molar-refractivity contribution in [3.8, 4) is 0 Å². The van der Waals surface area contributed by atoms with E-state index in [2.05, 4.69) is 25.6 Å². The van der Waals surface area contributed by atoms with Crippen molar-refractivity contribution in [1.29, 1.82) is 0 Å². The molecule has 170 valence electrons. The van der Waals surface area contributed by atoms with Crippen molar-refractivity contribution in [2.45, 2.75) is 25.4 Å². The van der Waals surface area contributed by atoms with Crippen LogP contribution in [0.25, 0.3) is 0 Å². The van der Waals surface area contributed by atoms with Gasteiger partial charge in [-0.3, -0.25) is 4.99 Å². The minimum absolute atomic E-state index is 0.168. The number of carbonyl (C=O) groups excluding carboxylic acids is 1. The van der Waals surface area contributed by atoms with E-state index in [1.165, 1.54) is 23.5 Å². The Kier molecular flexibility index (Phi) is 6.48. The molecule has 8 nitrogen and oxygen atoms in total. The fraction of sp³-hybridized carbons (Fsp3) is 0.350. The lowest BCUT2D eigenvalue weighted by molar-refractivity contribution is -0.139. The van der Waals surface area contributed by atoms with Crippen molar-refractivity contribution in [1.82, 2.24) is 14.6 Å². The zero-order valence-corrected chi connectivity index (χ0v) is 20.4. The van der Waals surface area contributed by atoms with Crippen LogP contribution in [0.2, 0.25) is 0 Å². The predicted octanol–water partition coefficient (Wildman–Crippen LogP) is 2.99. The van der Waals surface area contributed by atoms with Crippen molar-refractivity contribution in [3.63, 3.8) is 0 Å². The van der Waals surface area contributed by atoms with Gasteiger partial charge in [-0.05, 0) is 24.6 Å². The van der Waals surface area contributed by atoms with E-state index in [4.69, 9.17) is 9.73 Å². The van der Waals surface area contributed by atoms with Crippen LogP contribution >= 0.6 is 27.3 Å². The first-order valence-electron chi connectivity index (χ1n) is 9.75. The number of nitrogens with one attached hydrogen (secondary N) is 1. The SMILES string of the molecule is CCOC(=O)C1=C2C[C@@H](NS(C)(=O)=O)CN2C(c2nccs2)=N[C@H]1c1ccc(F)cc1Br. The number of carbonyl (C=O) groups is 1. The van der Waals surface area contributed by atoms with Gasteiger partial charge in [0, 0.05) is 40.8 Å². The van der Waals surface area contributed by atoms with Crippen molar-refractivity contribution in [3.05, 3.63) is 61.9 Å². The minimum Gasteiger partial charge on any atom is -0.463 e. The molecule has 1 aromatic carbocycles. The molecule has 0 unspecified atom stereocenters. The van der Waals surface area contributed by atoms with E-state index >= 15 is 0 Å². The molecular formula is C20H20BrFN4O4S2. The number of halogens is 2. The van der Waals surface area contributed by atoms with Crippen LogP contribution in [0.15, 0.2) is 50.5 Å². The second-order valence-electron chi connectivity index (χ2n) is 7.34. The van der Waals surface area contributed by atoms with Crippen molar-refractivity contribution in [2.75, 3.05) is 19.4 Å². The van der Waals surface area contributed by atoms with Crippen LogP contribution in [-0.2, 0) is 19.6 Å². The maximum absolute atomic E-state index is 13.8. The zero-order valence-electron chi connectivity index (χ0n) is 17.2. The molecule has 12 heteroatoms. The summed E-state index contributed by atoms with van der Waals surface area (Å²) in [5.74, 6) is -0.441. The molecule has 2 aliphatic rings. The van der Waals surface area contributed by atoms with Crippen molar-refractivity contribution >= 4 is 49.1 Å². The third kappa shape index (κ3) is 4.63. The summed E-state index contributed by atoms with van der Waals surface area (Å²) >= 11 is 4.77. The second kappa shape index (κ2) is 9.00. The number of amidine groups is 1. The number of ether oxygens (including phenoxy) is 1. The second-order valence-corrected chi connectivity index (χ2v) is 10.9. The molecule has 2 aliphatic heterocycles. The average Bonchev–Trinajstić information content (AvgIpc) is 3.35. The lowest BCUT2D eigenvalue weighted by Gasteiger charge is -2.31. The van der Waals surface area contributed by atoms with Gasteiger partial charge in [0.1, 0.15) is 11.9 Å². The Labute approximate surface area is 197 Å². The van der Waals surface area contributed by atoms with Gasteiger partial charge in [0.25, 0.3) is 0 Å². The molecule has 1 saturated heterocycles. The van der Waals surface area contributed by atoms with E-state index in [9.17, 15) is 17.6 Å². The highest BCUT2D eigenvalue weighted by Gasteiger charge is 2.43. The van der Waals surface area contributed by atoms with Gasteiger partial charge < -0.3 is 9.64 Å². The molecule has 1 fully saturated rings. The smallest absolute Gasteiger partial charge is 0.338 e. The number of fused-ring (bicyclic) bond motifs is 1. The molecule has 1 aromatic heterocycles. The minimum atomic E-state index is -3.46. The summed E-state index contributed by atoms with van der Waals surface area (Å²) < 4.78 is 45.9. The maximum atomic E-state index is 13.8. The largest absolute Gasteiger partial charge is 0.463 e. The standard InChI is InChI=1S/C20H20BrFN4O4S2/c1-3-30-20(27)16-15-9-12(25-32(2,28)29)10-26(15)18(19-23-6-7-31-19)24-17(16)13-5-4-11(22)8-14(13)21/h4-8,12,17,25H,3,9-10H2,1-2H3/t12-,17+/m1/s1. The molecule has 3 heterocycles. The number of hydrogen-bond donors (Lipinski definition) is 1. The molecular weight excluding hydrogens is 523 g/mol. The number of sulfonamides is 1. The first-order valence-corrected chi connectivity index (χ1v) is 13.3. The van der Waals surface area contributed by atoms with E-state index in [0.29, 0.717) is 38.7 Å². The van der Waals surface area contributed by atoms with Crippen LogP contribution in [0.5, 0.6) is 0 Å². The van der Waals surface area contributed by atoms with E-state index in [1.54, 1.807) is 19.2 Å². The van der Waals surface area contributed by atoms with E-state index in [-0.39, 0.29) is 13.0 Å². The van der Waals surface area contributed by atoms with Gasteiger partial charge in [0.15, 0.2) is 10.8 Å². The molecule has 0 aliphatic carbocycles. The fourth-order valence-electron chi connectivity index (χ4n) is 3.90. The Balaban J connectivity index is 1.89. The van der Waals surface area contributed by atoms with Crippen LogP contribution in [0.3, 0.4) is 0 Å². The monoisotopic (exact) mass is 542 g/mol. The van der Waals surface area contributed by atoms with Crippen LogP contribution in [0, 0.1) is 5.82 Å². The number of esters is 1. The molecule has 4 rings (SSSR count).